The van der Waals surface area contributed by atoms with Crippen LogP contribution in [0.15, 0.2) is 0 Å². The third kappa shape index (κ3) is 11.1. The number of carbonyl (C=O) groups excluding carboxylic acids is 2. The Hall–Kier alpha value is 0.340. The van der Waals surface area contributed by atoms with E-state index in [9.17, 15) is 9.59 Å². The van der Waals surface area contributed by atoms with Crippen molar-refractivity contribution in [3.63, 3.8) is 0 Å². The average Bonchev–Trinajstić information content (AvgIpc) is 2.57. The van der Waals surface area contributed by atoms with Crippen LogP contribution in [0.25, 0.3) is 0 Å². The molecular weight excluding hydrogens is 384 g/mol. The Morgan fingerprint density at radius 1 is 0.875 bits per heavy atom. The lowest BCUT2D eigenvalue weighted by Gasteiger charge is -2.27. The first-order chi connectivity index (χ1) is 11.7. The van der Waals surface area contributed by atoms with E-state index in [1.165, 1.54) is 11.5 Å². The first kappa shape index (κ1) is 22.4. The molecule has 1 heterocycles. The van der Waals surface area contributed by atoms with Gasteiger partial charge in [0.25, 0.3) is 0 Å². The maximum Gasteiger partial charge on any atom is 0.306 e. The highest BCUT2D eigenvalue weighted by atomic mass is 32.2. The minimum absolute atomic E-state index is 0.0874. The maximum atomic E-state index is 11.3. The molecule has 1 fully saturated rings. The molecule has 1 aliphatic heterocycles. The molecule has 0 spiro atoms. The molecule has 0 amide bonds. The molecule has 2 unspecified atom stereocenters. The smallest absolute Gasteiger partial charge is 0.306 e. The number of esters is 2. The van der Waals surface area contributed by atoms with Gasteiger partial charge in [0.05, 0.1) is 26.1 Å². The van der Waals surface area contributed by atoms with Crippen molar-refractivity contribution in [2.45, 2.75) is 37.2 Å². The molecule has 0 saturated carbocycles. The fourth-order valence-electron chi connectivity index (χ4n) is 1.98. The van der Waals surface area contributed by atoms with Crippen LogP contribution >= 0.6 is 47.0 Å². The summed E-state index contributed by atoms with van der Waals surface area (Å²) >= 11 is 7.81. The van der Waals surface area contributed by atoms with Gasteiger partial charge in [-0.1, -0.05) is 0 Å². The van der Waals surface area contributed by atoms with Crippen molar-refractivity contribution in [2.75, 3.05) is 47.7 Å². The average molecular weight is 413 g/mol. The second kappa shape index (κ2) is 14.5. The molecule has 0 aromatic heterocycles. The van der Waals surface area contributed by atoms with Crippen LogP contribution in [0.1, 0.15) is 26.7 Å². The topological polar surface area (TPSA) is 52.6 Å². The summed E-state index contributed by atoms with van der Waals surface area (Å²) in [6.45, 7) is 4.62. The fourth-order valence-corrected chi connectivity index (χ4v) is 7.80. The van der Waals surface area contributed by atoms with E-state index in [1.807, 2.05) is 37.4 Å². The molecule has 1 rings (SSSR count). The van der Waals surface area contributed by atoms with Crippen LogP contribution in [-0.4, -0.2) is 70.2 Å². The second-order valence-electron chi connectivity index (χ2n) is 5.17. The number of carbonyl (C=O) groups is 2. The first-order valence-electron chi connectivity index (χ1n) is 8.35. The largest absolute Gasteiger partial charge is 0.466 e. The van der Waals surface area contributed by atoms with Crippen molar-refractivity contribution in [3.8, 4) is 0 Å². The summed E-state index contributed by atoms with van der Waals surface area (Å²) in [4.78, 5) is 22.5. The Labute approximate surface area is 162 Å². The number of hydrogen-bond donors (Lipinski definition) is 0. The van der Waals surface area contributed by atoms with E-state index in [2.05, 4.69) is 23.5 Å². The normalized spacial score (nSPS) is 20.6. The Morgan fingerprint density at radius 3 is 1.62 bits per heavy atom. The zero-order chi connectivity index (χ0) is 17.6. The molecule has 4 nitrogen and oxygen atoms in total. The summed E-state index contributed by atoms with van der Waals surface area (Å²) in [7, 11) is 0. The number of hydrogen-bond acceptors (Lipinski definition) is 8. The number of ether oxygens (including phenoxy) is 2. The zero-order valence-electron chi connectivity index (χ0n) is 14.5. The molecule has 8 heteroatoms. The molecule has 0 aliphatic carbocycles. The van der Waals surface area contributed by atoms with Gasteiger partial charge in [0.15, 0.2) is 0 Å². The van der Waals surface area contributed by atoms with Gasteiger partial charge in [-0.2, -0.15) is 47.0 Å². The van der Waals surface area contributed by atoms with Crippen LogP contribution in [0.4, 0.5) is 0 Å². The van der Waals surface area contributed by atoms with Gasteiger partial charge in [-0.15, -0.1) is 0 Å². The quantitative estimate of drug-likeness (QED) is 0.356. The van der Waals surface area contributed by atoms with Gasteiger partial charge in [0.1, 0.15) is 0 Å². The van der Waals surface area contributed by atoms with Crippen molar-refractivity contribution in [3.05, 3.63) is 0 Å². The number of thioether (sulfide) groups is 4. The Kier molecular flexibility index (Phi) is 13.5. The van der Waals surface area contributed by atoms with Gasteiger partial charge in [-0.25, -0.2) is 0 Å². The summed E-state index contributed by atoms with van der Waals surface area (Å²) in [6, 6.07) is 0. The van der Waals surface area contributed by atoms with E-state index in [-0.39, 0.29) is 11.9 Å². The molecule has 0 bridgehead atoms. The molecule has 0 N–H and O–H groups in total. The van der Waals surface area contributed by atoms with Crippen LogP contribution in [0.5, 0.6) is 0 Å². The van der Waals surface area contributed by atoms with Crippen LogP contribution in [0.3, 0.4) is 0 Å². The monoisotopic (exact) mass is 412 g/mol. The molecule has 0 aromatic rings. The molecule has 140 valence electrons. The molecular formula is C16H28O4S4. The van der Waals surface area contributed by atoms with Crippen molar-refractivity contribution in [1.29, 1.82) is 0 Å². The Morgan fingerprint density at radius 2 is 1.29 bits per heavy atom. The van der Waals surface area contributed by atoms with Gasteiger partial charge < -0.3 is 9.47 Å². The Balaban J connectivity index is 1.98. The standard InChI is InChI=1S/C16H28O4S4/c1-3-19-15(17)5-7-21-9-13-11-24-14(12-23-13)10-22-8-6-16(18)20-4-2/h13-14H,3-12H2,1-2H3. The second-order valence-corrected chi connectivity index (χ2v) is 10.1. The molecule has 1 aliphatic rings. The fraction of sp³-hybridized carbons (Fsp3) is 0.875. The third-order valence-electron chi connectivity index (χ3n) is 3.15. The van der Waals surface area contributed by atoms with E-state index in [0.717, 1.165) is 23.0 Å². The molecule has 1 saturated heterocycles. The lowest BCUT2D eigenvalue weighted by molar-refractivity contribution is -0.143. The van der Waals surface area contributed by atoms with Crippen molar-refractivity contribution in [1.82, 2.24) is 0 Å². The highest BCUT2D eigenvalue weighted by molar-refractivity contribution is 8.09. The minimum atomic E-state index is -0.0874. The summed E-state index contributed by atoms with van der Waals surface area (Å²) in [6.07, 6.45) is 1.03. The lowest BCUT2D eigenvalue weighted by atomic mass is 10.5. The van der Waals surface area contributed by atoms with Crippen molar-refractivity contribution >= 4 is 59.0 Å². The van der Waals surface area contributed by atoms with Crippen LogP contribution in [0.2, 0.25) is 0 Å². The third-order valence-corrected chi connectivity index (χ3v) is 9.06. The van der Waals surface area contributed by atoms with Gasteiger partial charge in [0, 0.05) is 45.0 Å². The van der Waals surface area contributed by atoms with Crippen molar-refractivity contribution < 1.29 is 19.1 Å². The number of rotatable bonds is 12. The minimum Gasteiger partial charge on any atom is -0.466 e. The maximum absolute atomic E-state index is 11.3. The predicted octanol–water partition coefficient (Wildman–Crippen LogP) is 3.58. The van der Waals surface area contributed by atoms with Gasteiger partial charge >= 0.3 is 11.9 Å². The van der Waals surface area contributed by atoms with Gasteiger partial charge in [0.2, 0.25) is 0 Å². The van der Waals surface area contributed by atoms with E-state index >= 15 is 0 Å². The summed E-state index contributed by atoms with van der Waals surface area (Å²) in [5.74, 6) is 6.12. The summed E-state index contributed by atoms with van der Waals surface area (Å²) < 4.78 is 9.86. The van der Waals surface area contributed by atoms with E-state index in [1.54, 1.807) is 0 Å². The zero-order valence-corrected chi connectivity index (χ0v) is 17.8. The molecule has 0 radical (unpaired) electrons. The van der Waals surface area contributed by atoms with Gasteiger partial charge in [-0.05, 0) is 13.8 Å². The highest BCUT2D eigenvalue weighted by Gasteiger charge is 2.22. The van der Waals surface area contributed by atoms with Crippen LogP contribution in [-0.2, 0) is 19.1 Å². The van der Waals surface area contributed by atoms with Gasteiger partial charge in [-0.3, -0.25) is 9.59 Å². The predicted molar refractivity (Wildman–Crippen MR) is 110 cm³/mol. The Bertz CT molecular complexity index is 326. The molecule has 0 aromatic carbocycles. The molecule has 24 heavy (non-hydrogen) atoms. The highest BCUT2D eigenvalue weighted by Crippen LogP contribution is 2.33. The molecule has 2 atom stereocenters. The summed E-state index contributed by atoms with van der Waals surface area (Å²) in [5.41, 5.74) is 0. The first-order valence-corrected chi connectivity index (χ1v) is 12.8. The van der Waals surface area contributed by atoms with Crippen molar-refractivity contribution in [2.24, 2.45) is 0 Å². The van der Waals surface area contributed by atoms with Crippen LogP contribution in [0, 0.1) is 0 Å². The lowest BCUT2D eigenvalue weighted by Crippen LogP contribution is -2.25. The van der Waals surface area contributed by atoms with E-state index in [0.29, 0.717) is 36.6 Å². The van der Waals surface area contributed by atoms with Crippen LogP contribution < -0.4 is 0 Å². The van der Waals surface area contributed by atoms with E-state index < -0.39 is 0 Å². The summed E-state index contributed by atoms with van der Waals surface area (Å²) in [5, 5.41) is 1.37. The SMILES string of the molecule is CCOC(=O)CCSCC1CSC(CSCCC(=O)OCC)CS1. The van der Waals surface area contributed by atoms with E-state index in [4.69, 9.17) is 9.47 Å².